The number of nitrogens with one attached hydrogen (secondary N) is 1. The first-order chi connectivity index (χ1) is 15.2. The fourth-order valence-corrected chi connectivity index (χ4v) is 6.04. The van der Waals surface area contributed by atoms with Gasteiger partial charge < -0.3 is 16.0 Å². The van der Waals surface area contributed by atoms with Crippen molar-refractivity contribution in [3.63, 3.8) is 0 Å². The molecule has 31 heavy (non-hydrogen) atoms. The number of hydrogen-bond donors (Lipinski definition) is 2. The van der Waals surface area contributed by atoms with E-state index < -0.39 is 0 Å². The van der Waals surface area contributed by atoms with Crippen molar-refractivity contribution >= 4 is 5.69 Å². The van der Waals surface area contributed by atoms with Gasteiger partial charge in [-0.2, -0.15) is 0 Å². The molecule has 3 heteroatoms. The third-order valence-corrected chi connectivity index (χ3v) is 7.79. The van der Waals surface area contributed by atoms with Crippen LogP contribution >= 0.6 is 0 Å². The summed E-state index contributed by atoms with van der Waals surface area (Å²) < 4.78 is 0. The van der Waals surface area contributed by atoms with Crippen LogP contribution in [-0.4, -0.2) is 25.7 Å². The van der Waals surface area contributed by atoms with Crippen LogP contribution < -0.4 is 16.0 Å². The Morgan fingerprint density at radius 1 is 0.839 bits per heavy atom. The van der Waals surface area contributed by atoms with Crippen LogP contribution in [0.15, 0.2) is 84.9 Å². The quantitative estimate of drug-likeness (QED) is 0.627. The van der Waals surface area contributed by atoms with E-state index in [4.69, 9.17) is 5.73 Å². The number of anilines is 1. The second-order valence-electron chi connectivity index (χ2n) is 9.39. The summed E-state index contributed by atoms with van der Waals surface area (Å²) in [7, 11) is 2.29. The van der Waals surface area contributed by atoms with E-state index in [2.05, 4.69) is 102 Å². The Bertz CT molecular complexity index is 934. The van der Waals surface area contributed by atoms with Crippen LogP contribution in [0.5, 0.6) is 0 Å². The van der Waals surface area contributed by atoms with Gasteiger partial charge in [-0.05, 0) is 66.0 Å². The van der Waals surface area contributed by atoms with Gasteiger partial charge in [0.2, 0.25) is 0 Å². The third-order valence-electron chi connectivity index (χ3n) is 7.79. The fraction of sp³-hybridized carbons (Fsp3) is 0.357. The number of fused-ring (bicyclic) bond motifs is 4. The average Bonchev–Trinajstić information content (AvgIpc) is 3.16. The molecule has 3 aliphatic rings. The summed E-state index contributed by atoms with van der Waals surface area (Å²) in [4.78, 5) is 2.55. The van der Waals surface area contributed by atoms with Crippen LogP contribution in [0, 0.1) is 5.92 Å². The molecule has 3 aromatic carbocycles. The maximum absolute atomic E-state index is 5.84. The van der Waals surface area contributed by atoms with Crippen molar-refractivity contribution in [2.24, 2.45) is 11.7 Å². The first kappa shape index (κ1) is 20.3. The molecule has 0 spiro atoms. The van der Waals surface area contributed by atoms with Crippen LogP contribution in [-0.2, 0) is 6.54 Å². The van der Waals surface area contributed by atoms with Crippen LogP contribution in [0.1, 0.15) is 41.4 Å². The second kappa shape index (κ2) is 8.49. The molecule has 160 valence electrons. The zero-order chi connectivity index (χ0) is 21.3. The first-order valence-electron chi connectivity index (χ1n) is 11.5. The van der Waals surface area contributed by atoms with Gasteiger partial charge in [0.05, 0.1) is 5.54 Å². The Morgan fingerprint density at radius 2 is 1.39 bits per heavy atom. The SMILES string of the molecule is CN(c1ccc(CN)cc1)C12CNCC(C(c3ccccc3)C1)C(c1ccccc1)C2. The molecule has 3 N–H and O–H groups in total. The van der Waals surface area contributed by atoms with Crippen molar-refractivity contribution in [3.05, 3.63) is 102 Å². The van der Waals surface area contributed by atoms with Gasteiger partial charge in [-0.25, -0.2) is 0 Å². The molecule has 2 aliphatic heterocycles. The van der Waals surface area contributed by atoms with E-state index in [9.17, 15) is 0 Å². The van der Waals surface area contributed by atoms with E-state index in [1.807, 2.05) is 0 Å². The Labute approximate surface area is 186 Å². The van der Waals surface area contributed by atoms with E-state index in [0.717, 1.165) is 13.1 Å². The average molecular weight is 412 g/mol. The number of benzene rings is 3. The normalized spacial score (nSPS) is 27.6. The van der Waals surface area contributed by atoms with Crippen LogP contribution in [0.3, 0.4) is 0 Å². The molecule has 3 fully saturated rings. The summed E-state index contributed by atoms with van der Waals surface area (Å²) in [6.45, 7) is 2.68. The number of likely N-dealkylation sites (N-methyl/N-ethyl adjacent to an activating group) is 1. The van der Waals surface area contributed by atoms with Crippen molar-refractivity contribution in [1.82, 2.24) is 5.32 Å². The van der Waals surface area contributed by atoms with Crippen LogP contribution in [0.4, 0.5) is 5.69 Å². The van der Waals surface area contributed by atoms with Gasteiger partial charge in [0.15, 0.2) is 0 Å². The summed E-state index contributed by atoms with van der Waals surface area (Å²) in [5.74, 6) is 1.69. The monoisotopic (exact) mass is 411 g/mol. The van der Waals surface area contributed by atoms with E-state index >= 15 is 0 Å². The molecular formula is C28H33N3. The van der Waals surface area contributed by atoms with E-state index in [0.29, 0.717) is 24.3 Å². The summed E-state index contributed by atoms with van der Waals surface area (Å²) in [5, 5.41) is 3.86. The predicted octanol–water partition coefficient (Wildman–Crippen LogP) is 4.90. The minimum Gasteiger partial charge on any atom is -0.368 e. The van der Waals surface area contributed by atoms with Gasteiger partial charge in [0, 0.05) is 25.8 Å². The minimum atomic E-state index is 0.0677. The first-order valence-corrected chi connectivity index (χ1v) is 11.5. The van der Waals surface area contributed by atoms with Gasteiger partial charge in [-0.1, -0.05) is 72.8 Å². The van der Waals surface area contributed by atoms with Gasteiger partial charge in [-0.15, -0.1) is 0 Å². The van der Waals surface area contributed by atoms with Crippen molar-refractivity contribution in [3.8, 4) is 0 Å². The predicted molar refractivity (Wildman–Crippen MR) is 129 cm³/mol. The lowest BCUT2D eigenvalue weighted by Gasteiger charge is -2.51. The Balaban J connectivity index is 1.57. The Hall–Kier alpha value is -2.62. The molecule has 1 saturated carbocycles. The van der Waals surface area contributed by atoms with Gasteiger partial charge in [-0.3, -0.25) is 0 Å². The molecule has 2 unspecified atom stereocenters. The molecule has 0 aromatic heterocycles. The number of hydrogen-bond acceptors (Lipinski definition) is 3. The molecule has 0 amide bonds. The lowest BCUT2D eigenvalue weighted by atomic mass is 9.61. The van der Waals surface area contributed by atoms with Gasteiger partial charge in [0.25, 0.3) is 0 Å². The molecule has 0 radical (unpaired) electrons. The highest BCUT2D eigenvalue weighted by Gasteiger charge is 2.51. The number of rotatable bonds is 5. The van der Waals surface area contributed by atoms with Gasteiger partial charge >= 0.3 is 0 Å². The Kier molecular flexibility index (Phi) is 5.56. The van der Waals surface area contributed by atoms with Crippen molar-refractivity contribution in [2.45, 2.75) is 36.8 Å². The van der Waals surface area contributed by atoms with Gasteiger partial charge in [0.1, 0.15) is 0 Å². The largest absolute Gasteiger partial charge is 0.368 e. The van der Waals surface area contributed by atoms with Crippen molar-refractivity contribution in [2.75, 3.05) is 25.0 Å². The lowest BCUT2D eigenvalue weighted by molar-refractivity contribution is 0.204. The summed E-state index contributed by atoms with van der Waals surface area (Å²) in [6.07, 6.45) is 2.35. The molecule has 3 nitrogen and oxygen atoms in total. The highest BCUT2D eigenvalue weighted by atomic mass is 15.2. The highest BCUT2D eigenvalue weighted by Crippen LogP contribution is 2.53. The zero-order valence-electron chi connectivity index (χ0n) is 18.4. The Morgan fingerprint density at radius 3 is 1.90 bits per heavy atom. The maximum atomic E-state index is 5.84. The smallest absolute Gasteiger partial charge is 0.0535 e. The zero-order valence-corrected chi connectivity index (χ0v) is 18.4. The third kappa shape index (κ3) is 3.77. The minimum absolute atomic E-state index is 0.0677. The summed E-state index contributed by atoms with van der Waals surface area (Å²) in [6, 6.07) is 31.2. The topological polar surface area (TPSA) is 41.3 Å². The van der Waals surface area contributed by atoms with Crippen LogP contribution in [0.2, 0.25) is 0 Å². The van der Waals surface area contributed by atoms with E-state index in [1.54, 1.807) is 0 Å². The number of nitrogens with zero attached hydrogens (tertiary/aromatic N) is 1. The standard InChI is InChI=1S/C28H33N3/c1-31(24-14-12-21(18-29)13-15-24)28-16-25(22-8-4-2-5-9-22)27(19-30-20-28)26(17-28)23-10-6-3-7-11-23/h2-15,25-27,30H,16-20,29H2,1H3. The molecular weight excluding hydrogens is 378 g/mol. The fourth-order valence-electron chi connectivity index (χ4n) is 6.04. The van der Waals surface area contributed by atoms with Crippen molar-refractivity contribution < 1.29 is 0 Å². The lowest BCUT2D eigenvalue weighted by Crippen LogP contribution is -2.55. The van der Waals surface area contributed by atoms with Crippen molar-refractivity contribution in [1.29, 1.82) is 0 Å². The highest BCUT2D eigenvalue weighted by molar-refractivity contribution is 5.51. The number of nitrogens with two attached hydrogens (primary N) is 1. The van der Waals surface area contributed by atoms with Crippen LogP contribution in [0.25, 0.3) is 0 Å². The maximum Gasteiger partial charge on any atom is 0.0535 e. The van der Waals surface area contributed by atoms with E-state index in [-0.39, 0.29) is 5.54 Å². The molecule has 2 saturated heterocycles. The summed E-state index contributed by atoms with van der Waals surface area (Å²) in [5.41, 5.74) is 11.3. The molecule has 1 aliphatic carbocycles. The summed E-state index contributed by atoms with van der Waals surface area (Å²) >= 11 is 0. The molecule has 3 aromatic rings. The second-order valence-corrected chi connectivity index (χ2v) is 9.39. The van der Waals surface area contributed by atoms with E-state index in [1.165, 1.54) is 35.2 Å². The molecule has 2 heterocycles. The molecule has 2 atom stereocenters. The molecule has 6 rings (SSSR count). The molecule has 2 bridgehead atoms.